The number of likely N-dealkylation sites (tertiary alicyclic amines) is 1. The summed E-state index contributed by atoms with van der Waals surface area (Å²) in [7, 11) is 0. The lowest BCUT2D eigenvalue weighted by Gasteiger charge is -2.32. The second-order valence-corrected chi connectivity index (χ2v) is 7.01. The molecule has 0 atom stereocenters. The van der Waals surface area contributed by atoms with E-state index in [2.05, 4.69) is 16.3 Å². The van der Waals surface area contributed by atoms with Gasteiger partial charge < -0.3 is 14.5 Å². The third-order valence-corrected chi connectivity index (χ3v) is 5.00. The summed E-state index contributed by atoms with van der Waals surface area (Å²) in [5, 5.41) is 3.63. The summed E-state index contributed by atoms with van der Waals surface area (Å²) in [6.45, 7) is 6.19. The smallest absolute Gasteiger partial charge is 0.286 e. The molecule has 2 aromatic rings. The predicted molar refractivity (Wildman–Crippen MR) is 102 cm³/mol. The number of amides is 1. The van der Waals surface area contributed by atoms with Crippen molar-refractivity contribution >= 4 is 17.5 Å². The lowest BCUT2D eigenvalue weighted by atomic mass is 9.96. The Balaban J connectivity index is 1.42. The fourth-order valence-corrected chi connectivity index (χ4v) is 3.51. The first-order valence-corrected chi connectivity index (χ1v) is 9.48. The standard InChI is InChI=1S/C20H25ClN2O3/c1-2-25-18-6-5-16(12-17(18)21)14-23-9-7-15(8-10-23)13-22-20(24)19-4-3-11-26-19/h3-6,11-12,15H,2,7-10,13-14H2,1H3,(H,22,24). The van der Waals surface area contributed by atoms with Gasteiger partial charge in [0.2, 0.25) is 0 Å². The predicted octanol–water partition coefficient (Wildman–Crippen LogP) is 3.97. The molecule has 140 valence electrons. The van der Waals surface area contributed by atoms with Gasteiger partial charge in [-0.2, -0.15) is 0 Å². The molecule has 1 aromatic carbocycles. The Labute approximate surface area is 159 Å². The van der Waals surface area contributed by atoms with Crippen LogP contribution in [0.15, 0.2) is 41.0 Å². The SMILES string of the molecule is CCOc1ccc(CN2CCC(CNC(=O)c3ccco3)CC2)cc1Cl. The highest BCUT2D eigenvalue weighted by atomic mass is 35.5. The first kappa shape index (κ1) is 18.8. The summed E-state index contributed by atoms with van der Waals surface area (Å²) in [5.41, 5.74) is 1.20. The van der Waals surface area contributed by atoms with E-state index in [0.29, 0.717) is 29.9 Å². The molecule has 6 heteroatoms. The molecule has 26 heavy (non-hydrogen) atoms. The zero-order valence-corrected chi connectivity index (χ0v) is 15.8. The number of nitrogens with one attached hydrogen (secondary N) is 1. The van der Waals surface area contributed by atoms with Crippen LogP contribution in [0.5, 0.6) is 5.75 Å². The van der Waals surface area contributed by atoms with Crippen LogP contribution in [-0.4, -0.2) is 37.0 Å². The molecule has 5 nitrogen and oxygen atoms in total. The van der Waals surface area contributed by atoms with Crippen LogP contribution in [-0.2, 0) is 6.54 Å². The van der Waals surface area contributed by atoms with Crippen LogP contribution in [0.2, 0.25) is 5.02 Å². The minimum absolute atomic E-state index is 0.138. The lowest BCUT2D eigenvalue weighted by molar-refractivity contribution is 0.0907. The molecule has 1 saturated heterocycles. The van der Waals surface area contributed by atoms with Gasteiger partial charge >= 0.3 is 0 Å². The van der Waals surface area contributed by atoms with Crippen LogP contribution in [0.1, 0.15) is 35.9 Å². The molecule has 1 N–H and O–H groups in total. The number of halogens is 1. The van der Waals surface area contributed by atoms with Crippen LogP contribution >= 0.6 is 11.6 Å². The van der Waals surface area contributed by atoms with E-state index in [1.165, 1.54) is 11.8 Å². The van der Waals surface area contributed by atoms with E-state index in [9.17, 15) is 4.79 Å². The van der Waals surface area contributed by atoms with Crippen molar-refractivity contribution in [1.82, 2.24) is 10.2 Å². The molecule has 2 heterocycles. The number of benzene rings is 1. The van der Waals surface area contributed by atoms with E-state index in [1.54, 1.807) is 12.1 Å². The first-order chi connectivity index (χ1) is 12.7. The van der Waals surface area contributed by atoms with Crippen LogP contribution in [0.4, 0.5) is 0 Å². The Bertz CT molecular complexity index is 710. The van der Waals surface area contributed by atoms with Crippen LogP contribution in [0.3, 0.4) is 0 Å². The average Bonchev–Trinajstić information content (AvgIpc) is 3.18. The molecular weight excluding hydrogens is 352 g/mol. The van der Waals surface area contributed by atoms with Crippen molar-refractivity contribution in [3.05, 3.63) is 52.9 Å². The van der Waals surface area contributed by atoms with Gasteiger partial charge in [-0.1, -0.05) is 17.7 Å². The van der Waals surface area contributed by atoms with Crippen molar-refractivity contribution < 1.29 is 13.9 Å². The summed E-state index contributed by atoms with van der Waals surface area (Å²) in [4.78, 5) is 14.3. The van der Waals surface area contributed by atoms with E-state index in [0.717, 1.165) is 38.2 Å². The maximum absolute atomic E-state index is 11.9. The highest BCUT2D eigenvalue weighted by Gasteiger charge is 2.20. The molecular formula is C20H25ClN2O3. The summed E-state index contributed by atoms with van der Waals surface area (Å²) in [5.74, 6) is 1.48. The lowest BCUT2D eigenvalue weighted by Crippen LogP contribution is -2.38. The fraction of sp³-hybridized carbons (Fsp3) is 0.450. The van der Waals surface area contributed by atoms with Gasteiger partial charge in [0.05, 0.1) is 17.9 Å². The van der Waals surface area contributed by atoms with E-state index in [-0.39, 0.29) is 5.91 Å². The summed E-state index contributed by atoms with van der Waals surface area (Å²) in [6.07, 6.45) is 3.66. The van der Waals surface area contributed by atoms with E-state index < -0.39 is 0 Å². The van der Waals surface area contributed by atoms with Gasteiger partial charge in [-0.25, -0.2) is 0 Å². The largest absolute Gasteiger partial charge is 0.492 e. The molecule has 0 radical (unpaired) electrons. The highest BCUT2D eigenvalue weighted by molar-refractivity contribution is 6.32. The van der Waals surface area contributed by atoms with Gasteiger partial charge in [0.25, 0.3) is 5.91 Å². The van der Waals surface area contributed by atoms with Gasteiger partial charge in [-0.15, -0.1) is 0 Å². The quantitative estimate of drug-likeness (QED) is 0.794. The Morgan fingerprint density at radius 1 is 1.35 bits per heavy atom. The molecule has 0 saturated carbocycles. The van der Waals surface area contributed by atoms with Gasteiger partial charge in [0.15, 0.2) is 5.76 Å². The number of piperidine rings is 1. The van der Waals surface area contributed by atoms with Gasteiger partial charge in [0, 0.05) is 13.1 Å². The molecule has 3 rings (SSSR count). The zero-order valence-electron chi connectivity index (χ0n) is 15.0. The zero-order chi connectivity index (χ0) is 18.4. The Morgan fingerprint density at radius 3 is 2.81 bits per heavy atom. The number of hydrogen-bond acceptors (Lipinski definition) is 4. The summed E-state index contributed by atoms with van der Waals surface area (Å²) < 4.78 is 10.6. The van der Waals surface area contributed by atoms with E-state index in [1.807, 2.05) is 19.1 Å². The van der Waals surface area contributed by atoms with Gasteiger partial charge in [-0.3, -0.25) is 9.69 Å². The second kappa shape index (κ2) is 9.10. The number of rotatable bonds is 7. The van der Waals surface area contributed by atoms with E-state index >= 15 is 0 Å². The first-order valence-electron chi connectivity index (χ1n) is 9.11. The topological polar surface area (TPSA) is 54.7 Å². The molecule has 1 aliphatic heterocycles. The minimum Gasteiger partial charge on any atom is -0.492 e. The van der Waals surface area contributed by atoms with Crippen molar-refractivity contribution in [2.24, 2.45) is 5.92 Å². The highest BCUT2D eigenvalue weighted by Crippen LogP contribution is 2.27. The molecule has 0 unspecified atom stereocenters. The third kappa shape index (κ3) is 5.02. The van der Waals surface area contributed by atoms with E-state index in [4.69, 9.17) is 20.8 Å². The van der Waals surface area contributed by atoms with Crippen molar-refractivity contribution in [2.45, 2.75) is 26.3 Å². The molecule has 1 amide bonds. The number of ether oxygens (including phenoxy) is 1. The maximum Gasteiger partial charge on any atom is 0.286 e. The molecule has 0 spiro atoms. The molecule has 0 bridgehead atoms. The number of carbonyl (C=O) groups excluding carboxylic acids is 1. The molecule has 1 aromatic heterocycles. The summed E-state index contributed by atoms with van der Waals surface area (Å²) >= 11 is 6.27. The fourth-order valence-electron chi connectivity index (χ4n) is 3.25. The Hall–Kier alpha value is -1.98. The number of furan rings is 1. The normalized spacial score (nSPS) is 15.8. The van der Waals surface area contributed by atoms with Crippen molar-refractivity contribution in [2.75, 3.05) is 26.2 Å². The molecule has 0 aliphatic carbocycles. The van der Waals surface area contributed by atoms with Crippen LogP contribution < -0.4 is 10.1 Å². The molecule has 1 aliphatic rings. The van der Waals surface area contributed by atoms with Crippen molar-refractivity contribution in [3.63, 3.8) is 0 Å². The average molecular weight is 377 g/mol. The van der Waals surface area contributed by atoms with Crippen LogP contribution in [0, 0.1) is 5.92 Å². The third-order valence-electron chi connectivity index (χ3n) is 4.71. The minimum atomic E-state index is -0.138. The van der Waals surface area contributed by atoms with Crippen molar-refractivity contribution in [3.8, 4) is 5.75 Å². The monoisotopic (exact) mass is 376 g/mol. The molecule has 1 fully saturated rings. The number of nitrogens with zero attached hydrogens (tertiary/aromatic N) is 1. The Morgan fingerprint density at radius 2 is 2.15 bits per heavy atom. The number of hydrogen-bond donors (Lipinski definition) is 1. The van der Waals surface area contributed by atoms with Gasteiger partial charge in [0.1, 0.15) is 5.75 Å². The Kier molecular flexibility index (Phi) is 6.58. The summed E-state index contributed by atoms with van der Waals surface area (Å²) in [6, 6.07) is 9.41. The second-order valence-electron chi connectivity index (χ2n) is 6.60. The maximum atomic E-state index is 11.9. The van der Waals surface area contributed by atoms with Crippen LogP contribution in [0.25, 0.3) is 0 Å². The van der Waals surface area contributed by atoms with Crippen molar-refractivity contribution in [1.29, 1.82) is 0 Å². The van der Waals surface area contributed by atoms with Gasteiger partial charge in [-0.05, 0) is 68.6 Å². The number of carbonyl (C=O) groups is 1.